The van der Waals surface area contributed by atoms with Gasteiger partial charge in [-0.3, -0.25) is 0 Å². The smallest absolute Gasteiger partial charge is 0.201 e. The quantitative estimate of drug-likeness (QED) is 0.938. The number of hydrogen-bond acceptors (Lipinski definition) is 3. The van der Waals surface area contributed by atoms with Crippen LogP contribution in [0.2, 0.25) is 0 Å². The van der Waals surface area contributed by atoms with Gasteiger partial charge in [0.05, 0.1) is 15.5 Å². The van der Waals surface area contributed by atoms with Gasteiger partial charge < -0.3 is 15.2 Å². The third-order valence-corrected chi connectivity index (χ3v) is 3.99. The molecule has 0 aliphatic carbocycles. The molecule has 19 heavy (non-hydrogen) atoms. The van der Waals surface area contributed by atoms with Crippen molar-refractivity contribution in [2.75, 3.05) is 19.3 Å². The highest BCUT2D eigenvalue weighted by Gasteiger charge is 2.12. The number of hydrogen-bond donors (Lipinski definition) is 1. The number of likely N-dealkylation sites (N-methyl/N-ethyl adjacent to an activating group) is 1. The van der Waals surface area contributed by atoms with E-state index >= 15 is 0 Å². The van der Waals surface area contributed by atoms with Crippen molar-refractivity contribution in [1.29, 1.82) is 0 Å². The molecule has 0 aliphatic rings. The van der Waals surface area contributed by atoms with Crippen LogP contribution in [0.15, 0.2) is 16.6 Å². The first-order chi connectivity index (χ1) is 8.90. The minimum absolute atomic E-state index is 0.323. The highest BCUT2D eigenvalue weighted by molar-refractivity contribution is 9.10. The second-order valence-corrected chi connectivity index (χ2v) is 5.81. The van der Waals surface area contributed by atoms with Gasteiger partial charge in [-0.05, 0) is 42.9 Å². The summed E-state index contributed by atoms with van der Waals surface area (Å²) in [7, 11) is 2.07. The largest absolute Gasteiger partial charge is 0.369 e. The van der Waals surface area contributed by atoms with Crippen molar-refractivity contribution in [3.05, 3.63) is 22.4 Å². The number of benzene rings is 1. The zero-order chi connectivity index (χ0) is 14.2. The Labute approximate surface area is 120 Å². The summed E-state index contributed by atoms with van der Waals surface area (Å²) < 4.78 is 15.8. The minimum atomic E-state index is -0.323. The molecule has 4 nitrogen and oxygen atoms in total. The Morgan fingerprint density at radius 3 is 2.79 bits per heavy atom. The van der Waals surface area contributed by atoms with Crippen LogP contribution < -0.4 is 5.73 Å². The van der Waals surface area contributed by atoms with Gasteiger partial charge in [-0.1, -0.05) is 0 Å². The molecule has 6 heteroatoms. The molecule has 0 saturated carbocycles. The van der Waals surface area contributed by atoms with Crippen LogP contribution in [0.25, 0.3) is 11.0 Å². The van der Waals surface area contributed by atoms with Crippen LogP contribution in [0.5, 0.6) is 0 Å². The lowest BCUT2D eigenvalue weighted by Crippen LogP contribution is -2.29. The van der Waals surface area contributed by atoms with Gasteiger partial charge in [-0.25, -0.2) is 9.37 Å². The summed E-state index contributed by atoms with van der Waals surface area (Å²) in [5.74, 6) is 0.0982. The fourth-order valence-corrected chi connectivity index (χ4v) is 2.22. The molecule has 104 valence electrons. The summed E-state index contributed by atoms with van der Waals surface area (Å²) in [6.45, 7) is 5.88. The Bertz CT molecular complexity index is 594. The van der Waals surface area contributed by atoms with Gasteiger partial charge >= 0.3 is 0 Å². The zero-order valence-corrected chi connectivity index (χ0v) is 12.9. The third kappa shape index (κ3) is 2.90. The van der Waals surface area contributed by atoms with Crippen molar-refractivity contribution >= 4 is 32.9 Å². The monoisotopic (exact) mass is 328 g/mol. The lowest BCUT2D eigenvalue weighted by Gasteiger charge is -2.21. The van der Waals surface area contributed by atoms with Crippen LogP contribution in [0.3, 0.4) is 0 Å². The highest BCUT2D eigenvalue weighted by Crippen LogP contribution is 2.25. The average Bonchev–Trinajstić information content (AvgIpc) is 2.62. The maximum atomic E-state index is 13.5. The predicted molar refractivity (Wildman–Crippen MR) is 79.6 cm³/mol. The van der Waals surface area contributed by atoms with Crippen LogP contribution >= 0.6 is 15.9 Å². The third-order valence-electron chi connectivity index (χ3n) is 3.38. The van der Waals surface area contributed by atoms with E-state index in [0.717, 1.165) is 18.6 Å². The summed E-state index contributed by atoms with van der Waals surface area (Å²) in [5.41, 5.74) is 7.35. The number of nitrogens with two attached hydrogens (primary N) is 1. The molecular formula is C13H18BrFN4. The van der Waals surface area contributed by atoms with Crippen molar-refractivity contribution in [3.63, 3.8) is 0 Å². The fraction of sp³-hybridized carbons (Fsp3) is 0.462. The molecule has 1 aromatic heterocycles. The summed E-state index contributed by atoms with van der Waals surface area (Å²) in [6, 6.07) is 3.60. The van der Waals surface area contributed by atoms with Gasteiger partial charge in [0.2, 0.25) is 5.95 Å². The van der Waals surface area contributed by atoms with E-state index in [-0.39, 0.29) is 5.82 Å². The molecule has 0 spiro atoms. The van der Waals surface area contributed by atoms with Crippen LogP contribution in [0, 0.1) is 5.82 Å². The van der Waals surface area contributed by atoms with Gasteiger partial charge in [0.1, 0.15) is 5.82 Å². The predicted octanol–water partition coefficient (Wildman–Crippen LogP) is 2.86. The Hall–Kier alpha value is -1.14. The number of imidazole rings is 1. The Morgan fingerprint density at radius 2 is 2.16 bits per heavy atom. The molecule has 0 amide bonds. The molecule has 0 unspecified atom stereocenters. The van der Waals surface area contributed by atoms with Crippen LogP contribution in [0.1, 0.15) is 13.8 Å². The van der Waals surface area contributed by atoms with Gasteiger partial charge in [0.25, 0.3) is 0 Å². The standard InChI is InChI=1S/C13H18BrFN4/c1-8(2)18(3)4-5-19-12-6-9(14)10(15)7-11(12)17-13(19)16/h6-8H,4-5H2,1-3H3,(H2,16,17). The maximum absolute atomic E-state index is 13.5. The normalized spacial score (nSPS) is 11.9. The fourth-order valence-electron chi connectivity index (χ4n) is 1.89. The molecule has 0 radical (unpaired) electrons. The topological polar surface area (TPSA) is 47.1 Å². The summed E-state index contributed by atoms with van der Waals surface area (Å²) in [5, 5.41) is 0. The SMILES string of the molecule is CC(C)N(C)CCn1c(N)nc2cc(F)c(Br)cc21. The van der Waals surface area contributed by atoms with E-state index in [1.54, 1.807) is 6.07 Å². The number of fused-ring (bicyclic) bond motifs is 1. The van der Waals surface area contributed by atoms with Crippen LogP contribution in [-0.4, -0.2) is 34.1 Å². The highest BCUT2D eigenvalue weighted by atomic mass is 79.9. The van der Waals surface area contributed by atoms with Crippen molar-refractivity contribution in [3.8, 4) is 0 Å². The second-order valence-electron chi connectivity index (χ2n) is 4.95. The lowest BCUT2D eigenvalue weighted by molar-refractivity contribution is 0.264. The number of halogens is 2. The maximum Gasteiger partial charge on any atom is 0.201 e. The van der Waals surface area contributed by atoms with E-state index in [2.05, 4.69) is 46.7 Å². The first kappa shape index (κ1) is 14.3. The number of nitrogen functional groups attached to an aromatic ring is 1. The van der Waals surface area contributed by atoms with E-state index in [1.165, 1.54) is 6.07 Å². The average molecular weight is 329 g/mol. The van der Waals surface area contributed by atoms with Crippen molar-refractivity contribution in [1.82, 2.24) is 14.5 Å². The van der Waals surface area contributed by atoms with E-state index in [4.69, 9.17) is 5.73 Å². The van der Waals surface area contributed by atoms with Gasteiger partial charge in [-0.2, -0.15) is 0 Å². The number of nitrogens with zero attached hydrogens (tertiary/aromatic N) is 3. The Kier molecular flexibility index (Phi) is 4.10. The summed E-state index contributed by atoms with van der Waals surface area (Å²) in [6.07, 6.45) is 0. The molecule has 0 bridgehead atoms. The summed E-state index contributed by atoms with van der Waals surface area (Å²) >= 11 is 3.20. The van der Waals surface area contributed by atoms with E-state index in [9.17, 15) is 4.39 Å². The number of rotatable bonds is 4. The van der Waals surface area contributed by atoms with Gasteiger partial charge in [-0.15, -0.1) is 0 Å². The van der Waals surface area contributed by atoms with E-state index in [1.807, 2.05) is 4.57 Å². The molecule has 2 aromatic rings. The lowest BCUT2D eigenvalue weighted by atomic mass is 10.3. The van der Waals surface area contributed by atoms with Crippen LogP contribution in [0.4, 0.5) is 10.3 Å². The molecule has 0 atom stereocenters. The van der Waals surface area contributed by atoms with Crippen LogP contribution in [-0.2, 0) is 6.54 Å². The van der Waals surface area contributed by atoms with Crippen molar-refractivity contribution < 1.29 is 4.39 Å². The minimum Gasteiger partial charge on any atom is -0.369 e. The Balaban J connectivity index is 2.32. The summed E-state index contributed by atoms with van der Waals surface area (Å²) in [4.78, 5) is 6.43. The molecular weight excluding hydrogens is 311 g/mol. The van der Waals surface area contributed by atoms with Crippen molar-refractivity contribution in [2.45, 2.75) is 26.4 Å². The Morgan fingerprint density at radius 1 is 1.47 bits per heavy atom. The number of anilines is 1. The molecule has 2 N–H and O–H groups in total. The molecule has 0 saturated heterocycles. The van der Waals surface area contributed by atoms with E-state index in [0.29, 0.717) is 22.0 Å². The first-order valence-electron chi connectivity index (χ1n) is 6.21. The van der Waals surface area contributed by atoms with Gasteiger partial charge in [0, 0.05) is 25.2 Å². The molecule has 0 aliphatic heterocycles. The van der Waals surface area contributed by atoms with Crippen molar-refractivity contribution in [2.24, 2.45) is 0 Å². The zero-order valence-electron chi connectivity index (χ0n) is 11.3. The second kappa shape index (κ2) is 5.46. The molecule has 0 fully saturated rings. The molecule has 1 heterocycles. The van der Waals surface area contributed by atoms with E-state index < -0.39 is 0 Å². The molecule has 2 rings (SSSR count). The molecule has 1 aromatic carbocycles. The van der Waals surface area contributed by atoms with Gasteiger partial charge in [0.15, 0.2) is 0 Å². The number of aromatic nitrogens is 2. The first-order valence-corrected chi connectivity index (χ1v) is 7.00.